The monoisotopic (exact) mass is 210 g/mol. The van der Waals surface area contributed by atoms with Gasteiger partial charge in [-0.3, -0.25) is 0 Å². The van der Waals surface area contributed by atoms with Gasteiger partial charge in [-0.05, 0) is 48.6 Å². The molecule has 78 valence electrons. The highest BCUT2D eigenvalue weighted by Gasteiger charge is 2.50. The molecule has 1 nitrogen and oxygen atoms in total. The van der Waals surface area contributed by atoms with E-state index in [1.165, 1.54) is 16.9 Å². The van der Waals surface area contributed by atoms with Gasteiger partial charge in [-0.25, -0.2) is 0 Å². The first-order valence-corrected chi connectivity index (χ1v) is 6.24. The Morgan fingerprint density at radius 2 is 2.29 bits per heavy atom. The summed E-state index contributed by atoms with van der Waals surface area (Å²) in [6.07, 6.45) is 2.02. The van der Waals surface area contributed by atoms with E-state index in [0.717, 1.165) is 6.42 Å². The zero-order chi connectivity index (χ0) is 10.3. The fourth-order valence-corrected chi connectivity index (χ4v) is 3.56. The molecule has 3 unspecified atom stereocenters. The first-order valence-electron chi connectivity index (χ1n) is 5.36. The van der Waals surface area contributed by atoms with Gasteiger partial charge < -0.3 is 5.11 Å². The van der Waals surface area contributed by atoms with Crippen LogP contribution < -0.4 is 0 Å². The first-order chi connectivity index (χ1) is 6.59. The highest BCUT2D eigenvalue weighted by molar-refractivity contribution is 7.10. The van der Waals surface area contributed by atoms with Crippen molar-refractivity contribution in [2.45, 2.75) is 39.2 Å². The quantitative estimate of drug-likeness (QED) is 0.811. The third-order valence-corrected chi connectivity index (χ3v) is 4.70. The van der Waals surface area contributed by atoms with Crippen LogP contribution in [0.1, 0.15) is 37.1 Å². The van der Waals surface area contributed by atoms with Gasteiger partial charge in [-0.15, -0.1) is 11.3 Å². The number of hydrogen-bond acceptors (Lipinski definition) is 2. The van der Waals surface area contributed by atoms with Crippen molar-refractivity contribution < 1.29 is 5.11 Å². The minimum absolute atomic E-state index is 0.491. The van der Waals surface area contributed by atoms with E-state index in [2.05, 4.69) is 32.2 Å². The molecule has 1 aromatic rings. The van der Waals surface area contributed by atoms with E-state index in [-0.39, 0.29) is 0 Å². The second-order valence-electron chi connectivity index (χ2n) is 4.53. The van der Waals surface area contributed by atoms with Crippen molar-refractivity contribution in [1.29, 1.82) is 0 Å². The minimum Gasteiger partial charge on any atom is -0.384 e. The Bertz CT molecular complexity index is 331. The fourth-order valence-electron chi connectivity index (χ4n) is 2.39. The Labute approximate surface area is 89.8 Å². The summed E-state index contributed by atoms with van der Waals surface area (Å²) in [5.74, 6) is 1.19. The number of aliphatic hydroxyl groups is 1. The van der Waals surface area contributed by atoms with Crippen molar-refractivity contribution in [1.82, 2.24) is 0 Å². The second kappa shape index (κ2) is 3.35. The van der Waals surface area contributed by atoms with Crippen molar-refractivity contribution in [2.24, 2.45) is 11.8 Å². The molecule has 14 heavy (non-hydrogen) atoms. The van der Waals surface area contributed by atoms with Crippen LogP contribution in [0.4, 0.5) is 0 Å². The molecule has 1 aliphatic carbocycles. The van der Waals surface area contributed by atoms with Gasteiger partial charge in [0.2, 0.25) is 0 Å². The third kappa shape index (κ3) is 1.41. The molecular formula is C12H18OS. The molecule has 2 heteroatoms. The summed E-state index contributed by atoms with van der Waals surface area (Å²) in [7, 11) is 0. The zero-order valence-electron chi connectivity index (χ0n) is 9.08. The molecule has 0 bridgehead atoms. The van der Waals surface area contributed by atoms with E-state index < -0.39 is 5.60 Å². The van der Waals surface area contributed by atoms with Crippen LogP contribution >= 0.6 is 11.3 Å². The van der Waals surface area contributed by atoms with E-state index in [9.17, 15) is 5.11 Å². The molecule has 1 heterocycles. The maximum absolute atomic E-state index is 10.7. The van der Waals surface area contributed by atoms with Crippen LogP contribution in [-0.2, 0) is 5.60 Å². The molecule has 0 amide bonds. The van der Waals surface area contributed by atoms with Gasteiger partial charge in [0.05, 0.1) is 0 Å². The summed E-state index contributed by atoms with van der Waals surface area (Å²) in [5, 5.41) is 12.8. The molecule has 0 aliphatic heterocycles. The van der Waals surface area contributed by atoms with Crippen molar-refractivity contribution in [3.8, 4) is 0 Å². The SMILES string of the molecule is CCC(O)(c1sccc1C)C1CC1C. The van der Waals surface area contributed by atoms with Gasteiger partial charge >= 0.3 is 0 Å². The van der Waals surface area contributed by atoms with Crippen LogP contribution in [-0.4, -0.2) is 5.11 Å². The Balaban J connectivity index is 2.33. The highest BCUT2D eigenvalue weighted by Crippen LogP contribution is 2.53. The number of thiophene rings is 1. The molecule has 1 fully saturated rings. The Morgan fingerprint density at radius 3 is 2.64 bits per heavy atom. The summed E-state index contributed by atoms with van der Waals surface area (Å²) in [6, 6.07) is 2.10. The van der Waals surface area contributed by atoms with Crippen LogP contribution in [0, 0.1) is 18.8 Å². The molecule has 1 N–H and O–H groups in total. The van der Waals surface area contributed by atoms with Gasteiger partial charge in [-0.2, -0.15) is 0 Å². The molecule has 3 atom stereocenters. The van der Waals surface area contributed by atoms with Gasteiger partial charge in [0, 0.05) is 4.88 Å². The van der Waals surface area contributed by atoms with Crippen molar-refractivity contribution in [3.05, 3.63) is 21.9 Å². The van der Waals surface area contributed by atoms with Crippen molar-refractivity contribution in [2.75, 3.05) is 0 Å². The van der Waals surface area contributed by atoms with Gasteiger partial charge in [0.25, 0.3) is 0 Å². The highest BCUT2D eigenvalue weighted by atomic mass is 32.1. The summed E-state index contributed by atoms with van der Waals surface area (Å²) < 4.78 is 0. The third-order valence-electron chi connectivity index (χ3n) is 3.52. The van der Waals surface area contributed by atoms with Crippen LogP contribution in [0.2, 0.25) is 0 Å². The normalized spacial score (nSPS) is 30.0. The van der Waals surface area contributed by atoms with E-state index in [1.807, 2.05) is 0 Å². The van der Waals surface area contributed by atoms with Crippen molar-refractivity contribution >= 4 is 11.3 Å². The summed E-state index contributed by atoms with van der Waals surface area (Å²) in [4.78, 5) is 1.19. The summed E-state index contributed by atoms with van der Waals surface area (Å²) >= 11 is 1.70. The summed E-state index contributed by atoms with van der Waals surface area (Å²) in [6.45, 7) is 6.41. The van der Waals surface area contributed by atoms with Gasteiger partial charge in [0.1, 0.15) is 5.60 Å². The molecule has 1 aliphatic rings. The maximum Gasteiger partial charge on any atom is 0.102 e. The lowest BCUT2D eigenvalue weighted by molar-refractivity contribution is 0.00747. The lowest BCUT2D eigenvalue weighted by atomic mass is 9.89. The van der Waals surface area contributed by atoms with Crippen LogP contribution in [0.5, 0.6) is 0 Å². The Hall–Kier alpha value is -0.340. The smallest absolute Gasteiger partial charge is 0.102 e. The van der Waals surface area contributed by atoms with Crippen LogP contribution in [0.3, 0.4) is 0 Å². The average Bonchev–Trinajstić information content (AvgIpc) is 2.74. The lowest BCUT2D eigenvalue weighted by Crippen LogP contribution is -2.27. The first kappa shape index (κ1) is 10.2. The van der Waals surface area contributed by atoms with Gasteiger partial charge in [-0.1, -0.05) is 13.8 Å². The average molecular weight is 210 g/mol. The standard InChI is InChI=1S/C12H18OS/c1-4-12(13,10-7-9(10)3)11-8(2)5-6-14-11/h5-6,9-10,13H,4,7H2,1-3H3. The number of hydrogen-bond donors (Lipinski definition) is 1. The second-order valence-corrected chi connectivity index (χ2v) is 5.45. The van der Waals surface area contributed by atoms with E-state index >= 15 is 0 Å². The van der Waals surface area contributed by atoms with E-state index in [4.69, 9.17) is 0 Å². The predicted octanol–water partition coefficient (Wildman–Crippen LogP) is 3.31. The van der Waals surface area contributed by atoms with Crippen molar-refractivity contribution in [3.63, 3.8) is 0 Å². The van der Waals surface area contributed by atoms with Gasteiger partial charge in [0.15, 0.2) is 0 Å². The molecule has 1 aromatic heterocycles. The molecular weight excluding hydrogens is 192 g/mol. The topological polar surface area (TPSA) is 20.2 Å². The fraction of sp³-hybridized carbons (Fsp3) is 0.667. The number of rotatable bonds is 3. The number of aryl methyl sites for hydroxylation is 1. The summed E-state index contributed by atoms with van der Waals surface area (Å²) in [5.41, 5.74) is 0.705. The molecule has 0 spiro atoms. The Kier molecular flexibility index (Phi) is 2.44. The largest absolute Gasteiger partial charge is 0.384 e. The molecule has 1 saturated carbocycles. The lowest BCUT2D eigenvalue weighted by Gasteiger charge is -2.27. The molecule has 0 radical (unpaired) electrons. The van der Waals surface area contributed by atoms with Crippen LogP contribution in [0.25, 0.3) is 0 Å². The molecule has 2 rings (SSSR count). The minimum atomic E-state index is -0.544. The molecule has 0 aromatic carbocycles. The van der Waals surface area contributed by atoms with E-state index in [0.29, 0.717) is 11.8 Å². The zero-order valence-corrected chi connectivity index (χ0v) is 9.90. The maximum atomic E-state index is 10.7. The Morgan fingerprint density at radius 1 is 1.64 bits per heavy atom. The van der Waals surface area contributed by atoms with Crippen LogP contribution in [0.15, 0.2) is 11.4 Å². The van der Waals surface area contributed by atoms with E-state index in [1.54, 1.807) is 11.3 Å². The molecule has 0 saturated heterocycles. The predicted molar refractivity (Wildman–Crippen MR) is 60.5 cm³/mol.